The molecule has 112 valence electrons. The third-order valence-corrected chi connectivity index (χ3v) is 6.68. The second-order valence-electron chi connectivity index (χ2n) is 6.05. The molecule has 0 atom stereocenters. The first-order valence-electron chi connectivity index (χ1n) is 6.89. The molecule has 0 aliphatic carbocycles. The summed E-state index contributed by atoms with van der Waals surface area (Å²) in [7, 11) is -3.14. The highest BCUT2D eigenvalue weighted by Crippen LogP contribution is 2.26. The average molecular weight is 306 g/mol. The van der Waals surface area contributed by atoms with Gasteiger partial charge in [0.15, 0.2) is 9.84 Å². The van der Waals surface area contributed by atoms with Crippen LogP contribution in [0.4, 0.5) is 0 Å². The van der Waals surface area contributed by atoms with Crippen LogP contribution in [-0.2, 0) is 9.84 Å². The summed E-state index contributed by atoms with van der Waals surface area (Å²) >= 11 is 0. The van der Waals surface area contributed by atoms with Gasteiger partial charge in [-0.25, -0.2) is 8.42 Å². The summed E-state index contributed by atoms with van der Waals surface area (Å²) in [6.45, 7) is 3.83. The maximum absolute atomic E-state index is 12.7. The summed E-state index contributed by atoms with van der Waals surface area (Å²) < 4.78 is 23.2. The SMILES string of the molecule is CC1(C)CN(C(=O)c2cccc3cc[nH]c23)CCS1(=O)=O. The van der Waals surface area contributed by atoms with Crippen molar-refractivity contribution in [3.8, 4) is 0 Å². The Morgan fingerprint density at radius 1 is 1.29 bits per heavy atom. The van der Waals surface area contributed by atoms with Gasteiger partial charge in [0.05, 0.1) is 21.6 Å². The first-order chi connectivity index (χ1) is 9.82. The highest BCUT2D eigenvalue weighted by atomic mass is 32.2. The van der Waals surface area contributed by atoms with Crippen LogP contribution in [0.1, 0.15) is 24.2 Å². The number of aromatic nitrogens is 1. The fraction of sp³-hybridized carbons (Fsp3) is 0.400. The number of fused-ring (bicyclic) bond motifs is 1. The number of amides is 1. The molecule has 1 aromatic heterocycles. The van der Waals surface area contributed by atoms with Crippen LogP contribution in [0.3, 0.4) is 0 Å². The number of H-pyrrole nitrogens is 1. The Bertz CT molecular complexity index is 805. The molecule has 1 N–H and O–H groups in total. The lowest BCUT2D eigenvalue weighted by Crippen LogP contribution is -2.54. The van der Waals surface area contributed by atoms with Gasteiger partial charge >= 0.3 is 0 Å². The Morgan fingerprint density at radius 2 is 2.05 bits per heavy atom. The zero-order valence-electron chi connectivity index (χ0n) is 12.1. The number of para-hydroxylation sites is 1. The Hall–Kier alpha value is -1.82. The third kappa shape index (κ3) is 2.23. The molecule has 6 heteroatoms. The summed E-state index contributed by atoms with van der Waals surface area (Å²) in [5.74, 6) is -0.0991. The molecule has 1 aromatic carbocycles. The van der Waals surface area contributed by atoms with Gasteiger partial charge in [0.2, 0.25) is 0 Å². The number of sulfone groups is 1. The van der Waals surface area contributed by atoms with Gasteiger partial charge in [0.25, 0.3) is 5.91 Å². The summed E-state index contributed by atoms with van der Waals surface area (Å²) in [6.07, 6.45) is 1.80. The Balaban J connectivity index is 1.95. The number of hydrogen-bond donors (Lipinski definition) is 1. The molecule has 0 unspecified atom stereocenters. The number of carbonyl (C=O) groups is 1. The number of nitrogens with zero attached hydrogens (tertiary/aromatic N) is 1. The molecule has 1 fully saturated rings. The molecular weight excluding hydrogens is 288 g/mol. The molecule has 3 rings (SSSR count). The van der Waals surface area contributed by atoms with Gasteiger partial charge in [-0.1, -0.05) is 12.1 Å². The van der Waals surface area contributed by atoms with Crippen LogP contribution in [0.5, 0.6) is 0 Å². The molecule has 0 spiro atoms. The first-order valence-corrected chi connectivity index (χ1v) is 8.55. The molecule has 2 heterocycles. The molecule has 21 heavy (non-hydrogen) atoms. The number of carbonyl (C=O) groups excluding carboxylic acids is 1. The normalized spacial score (nSPS) is 20.6. The van der Waals surface area contributed by atoms with Gasteiger partial charge in [0.1, 0.15) is 0 Å². The number of hydrogen-bond acceptors (Lipinski definition) is 3. The van der Waals surface area contributed by atoms with E-state index < -0.39 is 14.6 Å². The van der Waals surface area contributed by atoms with Gasteiger partial charge in [-0.2, -0.15) is 0 Å². The Kier molecular flexibility index (Phi) is 3.09. The molecule has 1 amide bonds. The van der Waals surface area contributed by atoms with Crippen molar-refractivity contribution in [1.82, 2.24) is 9.88 Å². The fourth-order valence-corrected chi connectivity index (χ4v) is 4.12. The van der Waals surface area contributed by atoms with E-state index >= 15 is 0 Å². The van der Waals surface area contributed by atoms with E-state index in [2.05, 4.69) is 4.98 Å². The van der Waals surface area contributed by atoms with Crippen LogP contribution < -0.4 is 0 Å². The quantitative estimate of drug-likeness (QED) is 0.873. The van der Waals surface area contributed by atoms with E-state index in [-0.39, 0.29) is 24.7 Å². The second-order valence-corrected chi connectivity index (χ2v) is 8.80. The highest BCUT2D eigenvalue weighted by Gasteiger charge is 2.41. The van der Waals surface area contributed by atoms with E-state index in [1.807, 2.05) is 18.2 Å². The van der Waals surface area contributed by atoms with Crippen molar-refractivity contribution in [3.63, 3.8) is 0 Å². The van der Waals surface area contributed by atoms with E-state index in [0.29, 0.717) is 5.56 Å². The number of aromatic amines is 1. The minimum Gasteiger partial charge on any atom is -0.361 e. The second kappa shape index (κ2) is 4.59. The number of benzene rings is 1. The van der Waals surface area contributed by atoms with Gasteiger partial charge < -0.3 is 9.88 Å². The van der Waals surface area contributed by atoms with Gasteiger partial charge in [-0.05, 0) is 26.0 Å². The largest absolute Gasteiger partial charge is 0.361 e. The van der Waals surface area contributed by atoms with E-state index in [4.69, 9.17) is 0 Å². The topological polar surface area (TPSA) is 70.2 Å². The van der Waals surface area contributed by atoms with Crippen molar-refractivity contribution in [3.05, 3.63) is 36.0 Å². The van der Waals surface area contributed by atoms with E-state index in [1.54, 1.807) is 31.0 Å². The predicted octanol–water partition coefficient (Wildman–Crippen LogP) is 1.82. The molecule has 1 saturated heterocycles. The van der Waals surface area contributed by atoms with E-state index in [9.17, 15) is 13.2 Å². The van der Waals surface area contributed by atoms with Crippen molar-refractivity contribution in [2.24, 2.45) is 0 Å². The Morgan fingerprint density at radius 3 is 2.76 bits per heavy atom. The molecule has 2 aromatic rings. The van der Waals surface area contributed by atoms with Crippen molar-refractivity contribution in [2.75, 3.05) is 18.8 Å². The fourth-order valence-electron chi connectivity index (χ4n) is 2.75. The highest BCUT2D eigenvalue weighted by molar-refractivity contribution is 7.92. The zero-order valence-corrected chi connectivity index (χ0v) is 12.9. The van der Waals surface area contributed by atoms with Crippen LogP contribution in [0.2, 0.25) is 0 Å². The van der Waals surface area contributed by atoms with Crippen molar-refractivity contribution in [2.45, 2.75) is 18.6 Å². The summed E-state index contributed by atoms with van der Waals surface area (Å²) in [4.78, 5) is 17.4. The number of nitrogens with one attached hydrogen (secondary N) is 1. The summed E-state index contributed by atoms with van der Waals surface area (Å²) in [6, 6.07) is 7.47. The number of rotatable bonds is 1. The molecule has 0 bridgehead atoms. The smallest absolute Gasteiger partial charge is 0.256 e. The zero-order chi connectivity index (χ0) is 15.3. The molecule has 0 saturated carbocycles. The van der Waals surface area contributed by atoms with E-state index in [0.717, 1.165) is 10.9 Å². The third-order valence-electron chi connectivity index (χ3n) is 4.15. The lowest BCUT2D eigenvalue weighted by molar-refractivity contribution is 0.0745. The standard InChI is InChI=1S/C15H18N2O3S/c1-15(2)10-17(8-9-21(15,19)20)14(18)12-5-3-4-11-6-7-16-13(11)12/h3-7,16H,8-10H2,1-2H3. The molecule has 5 nitrogen and oxygen atoms in total. The van der Waals surface area contributed by atoms with Crippen LogP contribution in [0.25, 0.3) is 10.9 Å². The first kappa shape index (κ1) is 14.1. The minimum atomic E-state index is -3.14. The van der Waals surface area contributed by atoms with Gasteiger partial charge in [-0.15, -0.1) is 0 Å². The van der Waals surface area contributed by atoms with Crippen LogP contribution in [0.15, 0.2) is 30.5 Å². The summed E-state index contributed by atoms with van der Waals surface area (Å²) in [5.41, 5.74) is 1.39. The molecule has 1 aliphatic heterocycles. The lowest BCUT2D eigenvalue weighted by Gasteiger charge is -2.37. The van der Waals surface area contributed by atoms with Crippen molar-refractivity contribution >= 4 is 26.6 Å². The summed E-state index contributed by atoms with van der Waals surface area (Å²) in [5, 5.41) is 0.977. The van der Waals surface area contributed by atoms with Crippen LogP contribution >= 0.6 is 0 Å². The lowest BCUT2D eigenvalue weighted by atomic mass is 10.1. The monoisotopic (exact) mass is 306 g/mol. The van der Waals surface area contributed by atoms with Gasteiger partial charge in [-0.3, -0.25) is 4.79 Å². The van der Waals surface area contributed by atoms with E-state index in [1.165, 1.54) is 0 Å². The molecular formula is C15H18N2O3S. The maximum Gasteiger partial charge on any atom is 0.256 e. The maximum atomic E-state index is 12.7. The molecule has 0 radical (unpaired) electrons. The van der Waals surface area contributed by atoms with Crippen molar-refractivity contribution < 1.29 is 13.2 Å². The van der Waals surface area contributed by atoms with Crippen molar-refractivity contribution in [1.29, 1.82) is 0 Å². The average Bonchev–Trinajstić information content (AvgIpc) is 2.89. The van der Waals surface area contributed by atoms with Crippen LogP contribution in [-0.4, -0.2) is 47.8 Å². The van der Waals surface area contributed by atoms with Gasteiger partial charge in [0, 0.05) is 24.7 Å². The molecule has 1 aliphatic rings. The Labute approximate surface area is 123 Å². The predicted molar refractivity (Wildman–Crippen MR) is 82.1 cm³/mol. The minimum absolute atomic E-state index is 0.0203. The van der Waals surface area contributed by atoms with Crippen LogP contribution in [0, 0.1) is 0 Å².